The normalized spacial score (nSPS) is 10.8. The van der Waals surface area contributed by atoms with Crippen LogP contribution in [0.1, 0.15) is 11.1 Å². The molecule has 2 nitrogen and oxygen atoms in total. The van der Waals surface area contributed by atoms with Crippen molar-refractivity contribution in [1.29, 1.82) is 0 Å². The van der Waals surface area contributed by atoms with Gasteiger partial charge in [-0.1, -0.05) is 48.5 Å². The summed E-state index contributed by atoms with van der Waals surface area (Å²) in [7, 11) is 0. The highest BCUT2D eigenvalue weighted by atomic mass is 32.2. The molecule has 0 aliphatic carbocycles. The molecule has 0 radical (unpaired) electrons. The maximum absolute atomic E-state index is 5.86. The molecule has 20 heavy (non-hydrogen) atoms. The molecule has 0 fully saturated rings. The predicted molar refractivity (Wildman–Crippen MR) is 85.6 cm³/mol. The van der Waals surface area contributed by atoms with Crippen LogP contribution in [0.2, 0.25) is 0 Å². The van der Waals surface area contributed by atoms with Crippen LogP contribution in [0.25, 0.3) is 10.9 Å². The van der Waals surface area contributed by atoms with E-state index in [1.807, 2.05) is 24.3 Å². The SMILES string of the molecule is NCc1cc2ccccc2nc1SCc1ccccc1. The second-order valence-corrected chi connectivity index (χ2v) is 5.59. The summed E-state index contributed by atoms with van der Waals surface area (Å²) in [4.78, 5) is 4.74. The Morgan fingerprint density at radius 3 is 2.50 bits per heavy atom. The van der Waals surface area contributed by atoms with Crippen LogP contribution >= 0.6 is 11.8 Å². The number of aromatic nitrogens is 1. The van der Waals surface area contributed by atoms with Crippen molar-refractivity contribution in [3.63, 3.8) is 0 Å². The van der Waals surface area contributed by atoms with Crippen LogP contribution in [-0.2, 0) is 12.3 Å². The van der Waals surface area contributed by atoms with Crippen LogP contribution in [-0.4, -0.2) is 4.98 Å². The molecule has 0 aliphatic heterocycles. The number of hydrogen-bond acceptors (Lipinski definition) is 3. The molecule has 3 heteroatoms. The maximum atomic E-state index is 5.86. The second kappa shape index (κ2) is 6.07. The van der Waals surface area contributed by atoms with Gasteiger partial charge in [0.2, 0.25) is 0 Å². The largest absolute Gasteiger partial charge is 0.326 e. The Hall–Kier alpha value is -1.84. The van der Waals surface area contributed by atoms with E-state index < -0.39 is 0 Å². The van der Waals surface area contributed by atoms with Crippen LogP contribution in [0, 0.1) is 0 Å². The van der Waals surface area contributed by atoms with Crippen molar-refractivity contribution in [2.24, 2.45) is 5.73 Å². The first-order chi connectivity index (χ1) is 9.86. The monoisotopic (exact) mass is 280 g/mol. The number of nitrogens with zero attached hydrogens (tertiary/aromatic N) is 1. The van der Waals surface area contributed by atoms with Crippen molar-refractivity contribution in [2.75, 3.05) is 0 Å². The van der Waals surface area contributed by atoms with Gasteiger partial charge in [0.25, 0.3) is 0 Å². The first kappa shape index (κ1) is 13.2. The number of pyridine rings is 1. The summed E-state index contributed by atoms with van der Waals surface area (Å²) in [5, 5.41) is 2.19. The van der Waals surface area contributed by atoms with E-state index in [1.165, 1.54) is 5.56 Å². The van der Waals surface area contributed by atoms with Crippen molar-refractivity contribution in [3.8, 4) is 0 Å². The van der Waals surface area contributed by atoms with Crippen molar-refractivity contribution < 1.29 is 0 Å². The number of nitrogens with two attached hydrogens (primary N) is 1. The molecule has 3 aromatic rings. The summed E-state index contributed by atoms with van der Waals surface area (Å²) in [6, 6.07) is 20.7. The number of fused-ring (bicyclic) bond motifs is 1. The van der Waals surface area contributed by atoms with Crippen LogP contribution in [0.5, 0.6) is 0 Å². The molecule has 1 heterocycles. The zero-order valence-corrected chi connectivity index (χ0v) is 11.9. The van der Waals surface area contributed by atoms with E-state index >= 15 is 0 Å². The molecule has 2 N–H and O–H groups in total. The van der Waals surface area contributed by atoms with Gasteiger partial charge >= 0.3 is 0 Å². The van der Waals surface area contributed by atoms with Gasteiger partial charge in [0.1, 0.15) is 5.03 Å². The summed E-state index contributed by atoms with van der Waals surface area (Å²) >= 11 is 1.75. The van der Waals surface area contributed by atoms with Crippen LogP contribution in [0.4, 0.5) is 0 Å². The van der Waals surface area contributed by atoms with E-state index in [0.29, 0.717) is 6.54 Å². The van der Waals surface area contributed by atoms with Crippen molar-refractivity contribution >= 4 is 22.7 Å². The standard InChI is InChI=1S/C17H16N2S/c18-11-15-10-14-8-4-5-9-16(14)19-17(15)20-12-13-6-2-1-3-7-13/h1-10H,11-12,18H2. The van der Waals surface area contributed by atoms with Gasteiger partial charge in [0, 0.05) is 17.7 Å². The molecule has 0 unspecified atom stereocenters. The molecule has 0 aliphatic rings. The minimum Gasteiger partial charge on any atom is -0.326 e. The molecule has 3 rings (SSSR count). The highest BCUT2D eigenvalue weighted by Crippen LogP contribution is 2.27. The van der Waals surface area contributed by atoms with E-state index in [-0.39, 0.29) is 0 Å². The van der Waals surface area contributed by atoms with Gasteiger partial charge < -0.3 is 5.73 Å². The van der Waals surface area contributed by atoms with E-state index in [2.05, 4.69) is 36.4 Å². The molecule has 2 aromatic carbocycles. The zero-order chi connectivity index (χ0) is 13.8. The molecule has 0 amide bonds. The summed E-state index contributed by atoms with van der Waals surface area (Å²) in [5.74, 6) is 0.916. The predicted octanol–water partition coefficient (Wildman–Crippen LogP) is 3.99. The maximum Gasteiger partial charge on any atom is 0.102 e. The Labute approximate surface area is 123 Å². The average molecular weight is 280 g/mol. The van der Waals surface area contributed by atoms with Gasteiger partial charge in [0.15, 0.2) is 0 Å². The van der Waals surface area contributed by atoms with E-state index in [4.69, 9.17) is 10.7 Å². The molecule has 0 spiro atoms. The fourth-order valence-electron chi connectivity index (χ4n) is 2.14. The zero-order valence-electron chi connectivity index (χ0n) is 11.1. The molecular formula is C17H16N2S. The van der Waals surface area contributed by atoms with Crippen molar-refractivity contribution in [3.05, 3.63) is 71.8 Å². The van der Waals surface area contributed by atoms with Gasteiger partial charge in [0.05, 0.1) is 5.52 Å². The summed E-state index contributed by atoms with van der Waals surface area (Å²) < 4.78 is 0. The minimum absolute atomic E-state index is 0.523. The Morgan fingerprint density at radius 1 is 0.950 bits per heavy atom. The highest BCUT2D eigenvalue weighted by molar-refractivity contribution is 7.98. The summed E-state index contributed by atoms with van der Waals surface area (Å²) in [6.45, 7) is 0.523. The van der Waals surface area contributed by atoms with Gasteiger partial charge in [-0.05, 0) is 23.3 Å². The lowest BCUT2D eigenvalue weighted by Gasteiger charge is -2.09. The van der Waals surface area contributed by atoms with Crippen molar-refractivity contribution in [1.82, 2.24) is 4.98 Å². The highest BCUT2D eigenvalue weighted by Gasteiger charge is 2.06. The Bertz CT molecular complexity index is 711. The first-order valence-corrected chi connectivity index (χ1v) is 7.61. The molecule has 1 aromatic heterocycles. The smallest absolute Gasteiger partial charge is 0.102 e. The van der Waals surface area contributed by atoms with Gasteiger partial charge in [-0.2, -0.15) is 0 Å². The minimum atomic E-state index is 0.523. The van der Waals surface area contributed by atoms with Crippen LogP contribution in [0.3, 0.4) is 0 Å². The fraction of sp³-hybridized carbons (Fsp3) is 0.118. The van der Waals surface area contributed by atoms with Gasteiger partial charge in [-0.3, -0.25) is 0 Å². The number of rotatable bonds is 4. The lowest BCUT2D eigenvalue weighted by molar-refractivity contribution is 0.981. The number of hydrogen-bond donors (Lipinski definition) is 1. The molecule has 0 atom stereocenters. The average Bonchev–Trinajstić information content (AvgIpc) is 2.53. The Morgan fingerprint density at radius 2 is 1.70 bits per heavy atom. The fourth-order valence-corrected chi connectivity index (χ4v) is 3.13. The van der Waals surface area contributed by atoms with Crippen LogP contribution < -0.4 is 5.73 Å². The number of para-hydroxylation sites is 1. The summed E-state index contributed by atoms with van der Waals surface area (Å²) in [5.41, 5.74) is 9.30. The number of thioether (sulfide) groups is 1. The van der Waals surface area contributed by atoms with Crippen molar-refractivity contribution in [2.45, 2.75) is 17.3 Å². The molecule has 0 saturated carbocycles. The third-order valence-electron chi connectivity index (χ3n) is 3.20. The molecule has 100 valence electrons. The third kappa shape index (κ3) is 2.84. The molecule has 0 saturated heterocycles. The van der Waals surface area contributed by atoms with E-state index in [0.717, 1.165) is 27.2 Å². The Kier molecular flexibility index (Phi) is 4.00. The van der Waals surface area contributed by atoms with E-state index in [9.17, 15) is 0 Å². The lowest BCUT2D eigenvalue weighted by atomic mass is 10.1. The summed E-state index contributed by atoms with van der Waals surface area (Å²) in [6.07, 6.45) is 0. The van der Waals surface area contributed by atoms with E-state index in [1.54, 1.807) is 11.8 Å². The molecular weight excluding hydrogens is 264 g/mol. The van der Waals surface area contributed by atoms with Gasteiger partial charge in [-0.15, -0.1) is 11.8 Å². The third-order valence-corrected chi connectivity index (χ3v) is 4.31. The Balaban J connectivity index is 1.90. The quantitative estimate of drug-likeness (QED) is 0.735. The topological polar surface area (TPSA) is 38.9 Å². The van der Waals surface area contributed by atoms with Gasteiger partial charge in [-0.25, -0.2) is 4.98 Å². The first-order valence-electron chi connectivity index (χ1n) is 6.62. The van der Waals surface area contributed by atoms with Crippen LogP contribution in [0.15, 0.2) is 65.7 Å². The lowest BCUT2D eigenvalue weighted by Crippen LogP contribution is -2.00. The number of benzene rings is 2. The second-order valence-electron chi connectivity index (χ2n) is 4.62. The molecule has 0 bridgehead atoms.